The van der Waals surface area contributed by atoms with E-state index in [0.29, 0.717) is 0 Å². The number of aryl methyl sites for hydroxylation is 2. The fourth-order valence-electron chi connectivity index (χ4n) is 1.53. The van der Waals surface area contributed by atoms with Crippen molar-refractivity contribution in [2.45, 2.75) is 6.04 Å². The Morgan fingerprint density at radius 1 is 1.40 bits per heavy atom. The second kappa shape index (κ2) is 3.84. The number of imidazole rings is 1. The number of hydrogen-bond donors (Lipinski definition) is 2. The van der Waals surface area contributed by atoms with Gasteiger partial charge in [0.15, 0.2) is 0 Å². The van der Waals surface area contributed by atoms with Crippen LogP contribution in [0.15, 0.2) is 24.7 Å². The summed E-state index contributed by atoms with van der Waals surface area (Å²) in [4.78, 5) is 4.24. The first-order valence-electron chi connectivity index (χ1n) is 4.65. The van der Waals surface area contributed by atoms with Crippen molar-refractivity contribution >= 4 is 0 Å². The summed E-state index contributed by atoms with van der Waals surface area (Å²) in [6.07, 6.45) is 5.49. The number of nitrogens with two attached hydrogens (primary N) is 1. The Morgan fingerprint density at radius 2 is 2.20 bits per heavy atom. The maximum absolute atomic E-state index is 5.52. The van der Waals surface area contributed by atoms with Gasteiger partial charge >= 0.3 is 0 Å². The molecule has 2 heterocycles. The van der Waals surface area contributed by atoms with Gasteiger partial charge in [0.25, 0.3) is 0 Å². The van der Waals surface area contributed by atoms with Crippen molar-refractivity contribution in [1.82, 2.24) is 24.8 Å². The molecule has 0 aliphatic rings. The third-order valence-corrected chi connectivity index (χ3v) is 2.31. The molecule has 0 aliphatic carbocycles. The molecule has 0 radical (unpaired) electrons. The lowest BCUT2D eigenvalue weighted by molar-refractivity contribution is 0.557. The number of nitrogens with one attached hydrogen (secondary N) is 1. The summed E-state index contributed by atoms with van der Waals surface area (Å²) >= 11 is 0. The van der Waals surface area contributed by atoms with E-state index >= 15 is 0 Å². The van der Waals surface area contributed by atoms with Crippen molar-refractivity contribution in [3.8, 4) is 0 Å². The van der Waals surface area contributed by atoms with Crippen molar-refractivity contribution in [3.05, 3.63) is 36.2 Å². The summed E-state index contributed by atoms with van der Waals surface area (Å²) in [5, 5.41) is 4.30. The summed E-state index contributed by atoms with van der Waals surface area (Å²) in [6.45, 7) is 0. The Morgan fingerprint density at radius 3 is 2.67 bits per heavy atom. The molecule has 1 atom stereocenters. The normalized spacial score (nSPS) is 13.0. The Balaban J connectivity index is 2.36. The van der Waals surface area contributed by atoms with Gasteiger partial charge in [-0.3, -0.25) is 10.5 Å². The fraction of sp³-hybridized carbons (Fsp3) is 0.333. The van der Waals surface area contributed by atoms with Crippen LogP contribution in [0.25, 0.3) is 0 Å². The van der Waals surface area contributed by atoms with Crippen LogP contribution in [0.1, 0.15) is 17.6 Å². The molecule has 2 aromatic rings. The van der Waals surface area contributed by atoms with Gasteiger partial charge in [0, 0.05) is 32.7 Å². The number of rotatable bonds is 3. The first kappa shape index (κ1) is 9.88. The third-order valence-electron chi connectivity index (χ3n) is 2.31. The highest BCUT2D eigenvalue weighted by Crippen LogP contribution is 2.16. The molecular formula is C9H14N6. The molecule has 0 amide bonds. The van der Waals surface area contributed by atoms with E-state index in [9.17, 15) is 0 Å². The van der Waals surface area contributed by atoms with Crippen LogP contribution in [0.4, 0.5) is 0 Å². The number of aromatic nitrogens is 4. The average molecular weight is 206 g/mol. The quantitative estimate of drug-likeness (QED) is 0.534. The minimum atomic E-state index is -0.175. The topological polar surface area (TPSA) is 73.7 Å². The molecule has 1 unspecified atom stereocenters. The van der Waals surface area contributed by atoms with Crippen LogP contribution in [0.2, 0.25) is 0 Å². The summed E-state index contributed by atoms with van der Waals surface area (Å²) in [7, 11) is 3.80. The SMILES string of the molecule is Cn1ccc(C(NN)c2nccn2C)n1. The van der Waals surface area contributed by atoms with Crippen LogP contribution in [0.3, 0.4) is 0 Å². The molecule has 3 N–H and O–H groups in total. The molecule has 0 aliphatic heterocycles. The second-order valence-corrected chi connectivity index (χ2v) is 3.41. The molecule has 15 heavy (non-hydrogen) atoms. The van der Waals surface area contributed by atoms with Gasteiger partial charge in [-0.15, -0.1) is 0 Å². The summed E-state index contributed by atoms with van der Waals surface area (Å²) < 4.78 is 3.65. The van der Waals surface area contributed by atoms with Crippen LogP contribution in [-0.2, 0) is 14.1 Å². The molecular weight excluding hydrogens is 192 g/mol. The van der Waals surface area contributed by atoms with E-state index in [4.69, 9.17) is 5.84 Å². The van der Waals surface area contributed by atoms with Gasteiger partial charge in [0.05, 0.1) is 5.69 Å². The monoisotopic (exact) mass is 206 g/mol. The van der Waals surface area contributed by atoms with Crippen molar-refractivity contribution in [1.29, 1.82) is 0 Å². The second-order valence-electron chi connectivity index (χ2n) is 3.41. The lowest BCUT2D eigenvalue weighted by atomic mass is 10.2. The van der Waals surface area contributed by atoms with E-state index in [2.05, 4.69) is 15.5 Å². The lowest BCUT2D eigenvalue weighted by Crippen LogP contribution is -2.31. The number of hydrazine groups is 1. The van der Waals surface area contributed by atoms with Gasteiger partial charge < -0.3 is 4.57 Å². The maximum atomic E-state index is 5.52. The van der Waals surface area contributed by atoms with Crippen LogP contribution >= 0.6 is 0 Å². The van der Waals surface area contributed by atoms with Gasteiger partial charge in [0.2, 0.25) is 0 Å². The summed E-state index contributed by atoms with van der Waals surface area (Å²) in [5.74, 6) is 6.37. The zero-order valence-corrected chi connectivity index (χ0v) is 8.75. The van der Waals surface area contributed by atoms with E-state index in [1.54, 1.807) is 10.9 Å². The Kier molecular flexibility index (Phi) is 2.53. The van der Waals surface area contributed by atoms with E-state index in [1.807, 2.05) is 37.1 Å². The van der Waals surface area contributed by atoms with Crippen LogP contribution < -0.4 is 11.3 Å². The molecule has 80 valence electrons. The van der Waals surface area contributed by atoms with Gasteiger partial charge in [-0.2, -0.15) is 5.10 Å². The minimum Gasteiger partial charge on any atom is -0.336 e. The zero-order chi connectivity index (χ0) is 10.8. The third kappa shape index (κ3) is 1.77. The minimum absolute atomic E-state index is 0.175. The number of hydrogen-bond acceptors (Lipinski definition) is 4. The molecule has 0 saturated heterocycles. The first-order chi connectivity index (χ1) is 7.22. The smallest absolute Gasteiger partial charge is 0.133 e. The Labute approximate surface area is 87.7 Å². The van der Waals surface area contributed by atoms with Gasteiger partial charge in [-0.1, -0.05) is 0 Å². The van der Waals surface area contributed by atoms with Crippen molar-refractivity contribution < 1.29 is 0 Å². The molecule has 6 nitrogen and oxygen atoms in total. The van der Waals surface area contributed by atoms with Gasteiger partial charge in [-0.05, 0) is 6.07 Å². The molecule has 0 spiro atoms. The molecule has 0 saturated carbocycles. The van der Waals surface area contributed by atoms with E-state index in [-0.39, 0.29) is 6.04 Å². The van der Waals surface area contributed by atoms with Crippen LogP contribution in [-0.4, -0.2) is 19.3 Å². The molecule has 2 aromatic heterocycles. The maximum Gasteiger partial charge on any atom is 0.133 e. The van der Waals surface area contributed by atoms with Gasteiger partial charge in [-0.25, -0.2) is 10.4 Å². The average Bonchev–Trinajstić information content (AvgIpc) is 2.79. The molecule has 0 fully saturated rings. The predicted molar refractivity (Wildman–Crippen MR) is 55.6 cm³/mol. The van der Waals surface area contributed by atoms with Crippen LogP contribution in [0, 0.1) is 0 Å². The van der Waals surface area contributed by atoms with E-state index in [1.165, 1.54) is 0 Å². The highest BCUT2D eigenvalue weighted by atomic mass is 15.3. The Hall–Kier alpha value is -1.66. The Bertz CT molecular complexity index is 443. The van der Waals surface area contributed by atoms with Crippen molar-refractivity contribution in [2.24, 2.45) is 19.9 Å². The van der Waals surface area contributed by atoms with E-state index < -0.39 is 0 Å². The highest BCUT2D eigenvalue weighted by molar-refractivity contribution is 5.16. The number of nitrogens with zero attached hydrogens (tertiary/aromatic N) is 4. The lowest BCUT2D eigenvalue weighted by Gasteiger charge is -2.12. The molecule has 0 aromatic carbocycles. The van der Waals surface area contributed by atoms with Crippen LogP contribution in [0.5, 0.6) is 0 Å². The summed E-state index contributed by atoms with van der Waals surface area (Å²) in [6, 6.07) is 1.74. The molecule has 0 bridgehead atoms. The molecule has 2 rings (SSSR count). The van der Waals surface area contributed by atoms with Crippen molar-refractivity contribution in [2.75, 3.05) is 0 Å². The van der Waals surface area contributed by atoms with Crippen molar-refractivity contribution in [3.63, 3.8) is 0 Å². The highest BCUT2D eigenvalue weighted by Gasteiger charge is 2.18. The largest absolute Gasteiger partial charge is 0.336 e. The first-order valence-corrected chi connectivity index (χ1v) is 4.65. The fourth-order valence-corrected chi connectivity index (χ4v) is 1.53. The van der Waals surface area contributed by atoms with Gasteiger partial charge in [0.1, 0.15) is 11.9 Å². The predicted octanol–water partition coefficient (Wildman–Crippen LogP) is -0.294. The van der Waals surface area contributed by atoms with E-state index in [0.717, 1.165) is 11.5 Å². The standard InChI is InChI=1S/C9H14N6/c1-14-6-4-11-9(14)8(12-10)7-3-5-15(2)13-7/h3-6,8,12H,10H2,1-2H3. The molecule has 6 heteroatoms. The summed E-state index contributed by atoms with van der Waals surface area (Å²) in [5.41, 5.74) is 3.57. The zero-order valence-electron chi connectivity index (χ0n) is 8.75.